The van der Waals surface area contributed by atoms with Crippen LogP contribution in [0.5, 0.6) is 0 Å². The zero-order chi connectivity index (χ0) is 16.8. The van der Waals surface area contributed by atoms with Crippen LogP contribution in [0.25, 0.3) is 10.8 Å². The van der Waals surface area contributed by atoms with Gasteiger partial charge in [0.05, 0.1) is 0 Å². The Hall–Kier alpha value is -2.69. The molecule has 0 spiro atoms. The number of aryl methyl sites for hydroxylation is 1. The molecule has 0 aliphatic heterocycles. The highest BCUT2D eigenvalue weighted by Crippen LogP contribution is 2.16. The normalized spacial score (nSPS) is 12.2. The molecular formula is C19H22N4O. The van der Waals surface area contributed by atoms with Gasteiger partial charge in [0.25, 0.3) is 0 Å². The lowest BCUT2D eigenvalue weighted by Crippen LogP contribution is -2.34. The zero-order valence-electron chi connectivity index (χ0n) is 13.9. The highest BCUT2D eigenvalue weighted by molar-refractivity contribution is 5.83. The molecule has 0 fully saturated rings. The number of fused-ring (bicyclic) bond motifs is 1. The number of carbonyl (C=O) groups is 1. The number of hydrogen-bond acceptors (Lipinski definition) is 3. The van der Waals surface area contributed by atoms with Crippen molar-refractivity contribution in [1.29, 1.82) is 0 Å². The Morgan fingerprint density at radius 3 is 2.83 bits per heavy atom. The number of amides is 1. The summed E-state index contributed by atoms with van der Waals surface area (Å²) in [7, 11) is 0. The molecule has 3 rings (SSSR count). The molecule has 1 amide bonds. The molecular weight excluding hydrogens is 300 g/mol. The molecule has 5 nitrogen and oxygen atoms in total. The summed E-state index contributed by atoms with van der Waals surface area (Å²) in [4.78, 5) is 15.9. The standard InChI is InChI=1S/C19H22N4O/c1-15(22-19(24)7-4-10-23-14-20-13-21-23)11-16-8-9-17-5-2-3-6-18(17)12-16/h2-3,5-6,8-9,12-15H,4,7,10-11H2,1H3,(H,22,24)/t15-/m1/s1. The molecule has 124 valence electrons. The monoisotopic (exact) mass is 322 g/mol. The first-order valence-electron chi connectivity index (χ1n) is 8.30. The van der Waals surface area contributed by atoms with Crippen molar-refractivity contribution in [3.63, 3.8) is 0 Å². The highest BCUT2D eigenvalue weighted by Gasteiger charge is 2.08. The molecule has 3 aromatic rings. The Morgan fingerprint density at radius 1 is 1.21 bits per heavy atom. The van der Waals surface area contributed by atoms with E-state index in [4.69, 9.17) is 0 Å². The Balaban J connectivity index is 1.47. The molecule has 1 atom stereocenters. The van der Waals surface area contributed by atoms with Crippen molar-refractivity contribution in [1.82, 2.24) is 20.1 Å². The Morgan fingerprint density at radius 2 is 2.04 bits per heavy atom. The van der Waals surface area contributed by atoms with Gasteiger partial charge in [-0.3, -0.25) is 9.48 Å². The molecule has 5 heteroatoms. The summed E-state index contributed by atoms with van der Waals surface area (Å²) >= 11 is 0. The second-order valence-corrected chi connectivity index (χ2v) is 6.12. The summed E-state index contributed by atoms with van der Waals surface area (Å²) in [6.45, 7) is 2.76. The van der Waals surface area contributed by atoms with Crippen molar-refractivity contribution in [3.8, 4) is 0 Å². The third kappa shape index (κ3) is 4.41. The zero-order valence-corrected chi connectivity index (χ0v) is 13.9. The molecule has 0 unspecified atom stereocenters. The van der Waals surface area contributed by atoms with Crippen molar-refractivity contribution >= 4 is 16.7 Å². The van der Waals surface area contributed by atoms with Gasteiger partial charge in [0.2, 0.25) is 5.91 Å². The maximum absolute atomic E-state index is 12.0. The largest absolute Gasteiger partial charge is 0.353 e. The van der Waals surface area contributed by atoms with Gasteiger partial charge < -0.3 is 5.32 Å². The molecule has 1 N–H and O–H groups in total. The number of rotatable bonds is 7. The Kier molecular flexibility index (Phi) is 5.21. The van der Waals surface area contributed by atoms with Gasteiger partial charge in [-0.1, -0.05) is 42.5 Å². The van der Waals surface area contributed by atoms with E-state index in [0.717, 1.165) is 12.8 Å². The van der Waals surface area contributed by atoms with Gasteiger partial charge in [-0.25, -0.2) is 4.98 Å². The molecule has 1 heterocycles. The summed E-state index contributed by atoms with van der Waals surface area (Å²) in [6.07, 6.45) is 5.27. The predicted molar refractivity (Wildman–Crippen MR) is 94.5 cm³/mol. The second kappa shape index (κ2) is 7.73. The van der Waals surface area contributed by atoms with Gasteiger partial charge in [0.15, 0.2) is 0 Å². The van der Waals surface area contributed by atoms with Crippen molar-refractivity contribution in [2.24, 2.45) is 0 Å². The molecule has 2 aromatic carbocycles. The van der Waals surface area contributed by atoms with E-state index in [1.54, 1.807) is 11.0 Å². The highest BCUT2D eigenvalue weighted by atomic mass is 16.1. The van der Waals surface area contributed by atoms with E-state index in [0.29, 0.717) is 13.0 Å². The van der Waals surface area contributed by atoms with Crippen LogP contribution in [0.4, 0.5) is 0 Å². The van der Waals surface area contributed by atoms with Gasteiger partial charge in [-0.05, 0) is 36.1 Å². The van der Waals surface area contributed by atoms with Crippen molar-refractivity contribution in [3.05, 3.63) is 60.7 Å². The molecule has 0 aliphatic carbocycles. The summed E-state index contributed by atoms with van der Waals surface area (Å²) in [5.41, 5.74) is 1.24. The molecule has 0 saturated heterocycles. The average Bonchev–Trinajstić information content (AvgIpc) is 3.08. The number of benzene rings is 2. The van der Waals surface area contributed by atoms with E-state index in [1.807, 2.05) is 19.1 Å². The minimum atomic E-state index is 0.0865. The van der Waals surface area contributed by atoms with Gasteiger partial charge in [0.1, 0.15) is 12.7 Å². The molecule has 0 aliphatic rings. The lowest BCUT2D eigenvalue weighted by Gasteiger charge is -2.14. The Bertz CT molecular complexity index is 798. The molecule has 0 saturated carbocycles. The van der Waals surface area contributed by atoms with Crippen LogP contribution in [0, 0.1) is 0 Å². The first-order valence-corrected chi connectivity index (χ1v) is 8.30. The fourth-order valence-corrected chi connectivity index (χ4v) is 2.87. The first-order chi connectivity index (χ1) is 11.7. The number of aromatic nitrogens is 3. The van der Waals surface area contributed by atoms with Crippen LogP contribution in [0.3, 0.4) is 0 Å². The van der Waals surface area contributed by atoms with E-state index in [-0.39, 0.29) is 11.9 Å². The number of carbonyl (C=O) groups excluding carboxylic acids is 1. The molecule has 0 radical (unpaired) electrons. The van der Waals surface area contributed by atoms with Gasteiger partial charge >= 0.3 is 0 Å². The lowest BCUT2D eigenvalue weighted by atomic mass is 10.0. The SMILES string of the molecule is C[C@H](Cc1ccc2ccccc2c1)NC(=O)CCCn1cncn1. The van der Waals surface area contributed by atoms with Crippen molar-refractivity contribution < 1.29 is 4.79 Å². The van der Waals surface area contributed by atoms with Gasteiger partial charge in [0, 0.05) is 19.0 Å². The summed E-state index contributed by atoms with van der Waals surface area (Å²) < 4.78 is 1.74. The maximum Gasteiger partial charge on any atom is 0.220 e. The molecule has 1 aromatic heterocycles. The average molecular weight is 322 g/mol. The van der Waals surface area contributed by atoms with Crippen LogP contribution in [0.15, 0.2) is 55.1 Å². The van der Waals surface area contributed by atoms with Crippen LogP contribution in [-0.2, 0) is 17.8 Å². The molecule has 24 heavy (non-hydrogen) atoms. The smallest absolute Gasteiger partial charge is 0.220 e. The summed E-state index contributed by atoms with van der Waals surface area (Å²) in [5, 5.41) is 9.58. The predicted octanol–water partition coefficient (Wildman–Crippen LogP) is 2.96. The number of nitrogens with zero attached hydrogens (tertiary/aromatic N) is 3. The van der Waals surface area contributed by atoms with Gasteiger partial charge in [-0.2, -0.15) is 5.10 Å². The topological polar surface area (TPSA) is 59.8 Å². The van der Waals surface area contributed by atoms with Gasteiger partial charge in [-0.15, -0.1) is 0 Å². The van der Waals surface area contributed by atoms with Crippen LogP contribution in [0.2, 0.25) is 0 Å². The summed E-state index contributed by atoms with van der Waals surface area (Å²) in [6, 6.07) is 14.9. The third-order valence-corrected chi connectivity index (χ3v) is 4.02. The Labute approximate surface area is 141 Å². The fraction of sp³-hybridized carbons (Fsp3) is 0.316. The number of hydrogen-bond donors (Lipinski definition) is 1. The van der Waals surface area contributed by atoms with E-state index >= 15 is 0 Å². The first kappa shape index (κ1) is 16.2. The minimum Gasteiger partial charge on any atom is -0.353 e. The van der Waals surface area contributed by atoms with Crippen LogP contribution in [-0.4, -0.2) is 26.7 Å². The van der Waals surface area contributed by atoms with E-state index in [2.05, 4.69) is 45.7 Å². The summed E-state index contributed by atoms with van der Waals surface area (Å²) in [5.74, 6) is 0.0865. The second-order valence-electron chi connectivity index (χ2n) is 6.12. The molecule has 0 bridgehead atoms. The fourth-order valence-electron chi connectivity index (χ4n) is 2.87. The minimum absolute atomic E-state index is 0.0865. The van der Waals surface area contributed by atoms with E-state index in [1.165, 1.54) is 22.7 Å². The van der Waals surface area contributed by atoms with Crippen molar-refractivity contribution in [2.45, 2.75) is 38.8 Å². The van der Waals surface area contributed by atoms with Crippen molar-refractivity contribution in [2.75, 3.05) is 0 Å². The van der Waals surface area contributed by atoms with Crippen LogP contribution >= 0.6 is 0 Å². The quantitative estimate of drug-likeness (QED) is 0.727. The third-order valence-electron chi connectivity index (χ3n) is 4.02. The number of nitrogens with one attached hydrogen (secondary N) is 1. The lowest BCUT2D eigenvalue weighted by molar-refractivity contribution is -0.121. The van der Waals surface area contributed by atoms with Crippen LogP contribution in [0.1, 0.15) is 25.3 Å². The maximum atomic E-state index is 12.0. The van der Waals surface area contributed by atoms with E-state index in [9.17, 15) is 4.79 Å². The van der Waals surface area contributed by atoms with Crippen LogP contribution < -0.4 is 5.32 Å². The van der Waals surface area contributed by atoms with E-state index < -0.39 is 0 Å².